The number of Topliss-reactive ketones (excluding diaryl/α,β-unsaturated/α-hetero) is 1. The zero-order chi connectivity index (χ0) is 22.3. The van der Waals surface area contributed by atoms with Gasteiger partial charge in [0.1, 0.15) is 11.8 Å². The summed E-state index contributed by atoms with van der Waals surface area (Å²) in [5, 5.41) is 6.53. The highest BCUT2D eigenvalue weighted by Gasteiger charge is 2.44. The summed E-state index contributed by atoms with van der Waals surface area (Å²) >= 11 is 0. The van der Waals surface area contributed by atoms with Crippen molar-refractivity contribution < 1.29 is 18.7 Å². The van der Waals surface area contributed by atoms with Gasteiger partial charge in [0.05, 0.1) is 23.7 Å². The summed E-state index contributed by atoms with van der Waals surface area (Å²) in [7, 11) is 0. The van der Waals surface area contributed by atoms with Crippen LogP contribution in [-0.2, 0) is 9.53 Å². The van der Waals surface area contributed by atoms with Crippen LogP contribution in [0.15, 0.2) is 58.3 Å². The number of rotatable bonds is 3. The number of ether oxygens (including phenoxy) is 1. The highest BCUT2D eigenvalue weighted by molar-refractivity contribution is 6.05. The van der Waals surface area contributed by atoms with Gasteiger partial charge in [-0.2, -0.15) is 0 Å². The molecule has 3 aliphatic rings. The van der Waals surface area contributed by atoms with Gasteiger partial charge in [-0.1, -0.05) is 26.0 Å². The van der Waals surface area contributed by atoms with Crippen LogP contribution in [0.5, 0.6) is 0 Å². The molecule has 0 radical (unpaired) electrons. The number of allylic oxidation sites excluding steroid dienone is 1. The van der Waals surface area contributed by atoms with E-state index in [-0.39, 0.29) is 23.3 Å². The maximum atomic E-state index is 13.6. The Morgan fingerprint density at radius 3 is 2.81 bits per heavy atom. The van der Waals surface area contributed by atoms with Crippen LogP contribution < -0.4 is 15.5 Å². The van der Waals surface area contributed by atoms with Gasteiger partial charge in [0.15, 0.2) is 5.78 Å². The number of ketones is 1. The topological polar surface area (TPSA) is 83.8 Å². The molecule has 5 rings (SSSR count). The summed E-state index contributed by atoms with van der Waals surface area (Å²) < 4.78 is 11.5. The van der Waals surface area contributed by atoms with Crippen molar-refractivity contribution in [2.24, 2.45) is 5.41 Å². The molecule has 0 spiro atoms. The van der Waals surface area contributed by atoms with Gasteiger partial charge in [-0.15, -0.1) is 0 Å². The number of fused-ring (bicyclic) bond motifs is 1. The minimum atomic E-state index is -0.649. The van der Waals surface area contributed by atoms with Crippen LogP contribution in [0.25, 0.3) is 0 Å². The van der Waals surface area contributed by atoms with Gasteiger partial charge in [0.25, 0.3) is 0 Å². The van der Waals surface area contributed by atoms with Crippen LogP contribution in [0.2, 0.25) is 0 Å². The molecule has 0 unspecified atom stereocenters. The van der Waals surface area contributed by atoms with Gasteiger partial charge >= 0.3 is 6.03 Å². The van der Waals surface area contributed by atoms with Gasteiger partial charge in [-0.3, -0.25) is 9.69 Å². The van der Waals surface area contributed by atoms with Crippen LogP contribution in [0.3, 0.4) is 0 Å². The van der Waals surface area contributed by atoms with E-state index >= 15 is 0 Å². The van der Waals surface area contributed by atoms with Gasteiger partial charge in [-0.05, 0) is 48.9 Å². The maximum Gasteiger partial charge on any atom is 0.323 e. The summed E-state index contributed by atoms with van der Waals surface area (Å²) in [6.07, 6.45) is 4.68. The molecule has 1 aliphatic carbocycles. The van der Waals surface area contributed by atoms with Crippen molar-refractivity contribution in [3.8, 4) is 0 Å². The first-order valence-electron chi connectivity index (χ1n) is 11.3. The van der Waals surface area contributed by atoms with E-state index in [4.69, 9.17) is 9.15 Å². The fourth-order valence-corrected chi connectivity index (χ4v) is 5.02. The number of nitrogens with one attached hydrogen (secondary N) is 2. The van der Waals surface area contributed by atoms with E-state index in [1.165, 1.54) is 0 Å². The molecule has 7 heteroatoms. The molecular weight excluding hydrogens is 406 g/mol. The van der Waals surface area contributed by atoms with Crippen LogP contribution in [0.4, 0.5) is 16.2 Å². The quantitative estimate of drug-likeness (QED) is 0.725. The highest BCUT2D eigenvalue weighted by Crippen LogP contribution is 2.48. The SMILES string of the molecule is CC1(C)CC(=O)C2=C(C1)Nc1ccccc1N(C(=O)NC[C@H]1CCCO1)[C@@H]2c1ccco1. The van der Waals surface area contributed by atoms with E-state index in [9.17, 15) is 9.59 Å². The first-order chi connectivity index (χ1) is 15.4. The molecule has 1 aromatic carbocycles. The number of benzene rings is 1. The van der Waals surface area contributed by atoms with Gasteiger partial charge < -0.3 is 19.8 Å². The molecule has 1 fully saturated rings. The molecule has 2 amide bonds. The van der Waals surface area contributed by atoms with E-state index in [2.05, 4.69) is 24.5 Å². The van der Waals surface area contributed by atoms with E-state index in [1.54, 1.807) is 17.2 Å². The number of anilines is 2. The lowest BCUT2D eigenvalue weighted by Crippen LogP contribution is -2.46. The predicted octanol–water partition coefficient (Wildman–Crippen LogP) is 4.78. The monoisotopic (exact) mass is 435 g/mol. The largest absolute Gasteiger partial charge is 0.467 e. The Bertz CT molecular complexity index is 1050. The maximum absolute atomic E-state index is 13.6. The first kappa shape index (κ1) is 20.8. The molecule has 2 aromatic rings. The molecule has 2 atom stereocenters. The Morgan fingerprint density at radius 1 is 1.22 bits per heavy atom. The molecule has 0 saturated carbocycles. The normalized spacial score (nSPS) is 24.4. The lowest BCUT2D eigenvalue weighted by atomic mass is 9.74. The number of para-hydroxylation sites is 2. The fourth-order valence-electron chi connectivity index (χ4n) is 5.02. The summed E-state index contributed by atoms with van der Waals surface area (Å²) in [6, 6.07) is 10.4. The Hall–Kier alpha value is -3.06. The molecule has 1 aromatic heterocycles. The second kappa shape index (κ2) is 8.13. The molecule has 1 saturated heterocycles. The lowest BCUT2D eigenvalue weighted by molar-refractivity contribution is -0.118. The molecule has 168 valence electrons. The number of hydrogen-bond donors (Lipinski definition) is 2. The zero-order valence-electron chi connectivity index (χ0n) is 18.5. The zero-order valence-corrected chi connectivity index (χ0v) is 18.5. The summed E-state index contributed by atoms with van der Waals surface area (Å²) in [4.78, 5) is 28.8. The molecule has 7 nitrogen and oxygen atoms in total. The van der Waals surface area contributed by atoms with Crippen LogP contribution in [-0.4, -0.2) is 31.1 Å². The molecule has 32 heavy (non-hydrogen) atoms. The molecule has 0 bridgehead atoms. The second-order valence-corrected chi connectivity index (χ2v) is 9.58. The van der Waals surface area contributed by atoms with E-state index < -0.39 is 6.04 Å². The third-order valence-electron chi connectivity index (χ3n) is 6.44. The standard InChI is InChI=1S/C25H29N3O4/c1-25(2)13-18-22(20(29)14-25)23(21-10-6-12-32-21)28(19-9-4-3-8-17(19)27-18)24(30)26-15-16-7-5-11-31-16/h3-4,6,8-10,12,16,23,27H,5,7,11,13-15H2,1-2H3,(H,26,30)/t16-,23-/m1/s1. The van der Waals surface area contributed by atoms with E-state index in [0.29, 0.717) is 36.4 Å². The lowest BCUT2D eigenvalue weighted by Gasteiger charge is -2.36. The average Bonchev–Trinajstić information content (AvgIpc) is 3.43. The van der Waals surface area contributed by atoms with Crippen molar-refractivity contribution in [3.63, 3.8) is 0 Å². The van der Waals surface area contributed by atoms with Crippen LogP contribution in [0, 0.1) is 5.41 Å². The second-order valence-electron chi connectivity index (χ2n) is 9.58. The van der Waals surface area contributed by atoms with Gasteiger partial charge in [-0.25, -0.2) is 4.79 Å². The summed E-state index contributed by atoms with van der Waals surface area (Å²) in [5.74, 6) is 0.603. The smallest absolute Gasteiger partial charge is 0.323 e. The number of furan rings is 1. The van der Waals surface area contributed by atoms with Crippen LogP contribution >= 0.6 is 0 Å². The van der Waals surface area contributed by atoms with E-state index in [1.807, 2.05) is 30.3 Å². The molecule has 2 aliphatic heterocycles. The third kappa shape index (κ3) is 3.81. The molecular formula is C25H29N3O4. The van der Waals surface area contributed by atoms with Gasteiger partial charge in [0.2, 0.25) is 0 Å². The van der Waals surface area contributed by atoms with Crippen molar-refractivity contribution in [1.82, 2.24) is 5.32 Å². The molecule has 2 N–H and O–H groups in total. The first-order valence-corrected chi connectivity index (χ1v) is 11.3. The van der Waals surface area contributed by atoms with Crippen molar-refractivity contribution in [3.05, 3.63) is 59.7 Å². The fraction of sp³-hybridized carbons (Fsp3) is 0.440. The van der Waals surface area contributed by atoms with Crippen LogP contribution in [0.1, 0.15) is 51.3 Å². The third-order valence-corrected chi connectivity index (χ3v) is 6.44. The summed E-state index contributed by atoms with van der Waals surface area (Å²) in [6.45, 7) is 5.36. The average molecular weight is 436 g/mol. The van der Waals surface area contributed by atoms with Crippen molar-refractivity contribution in [2.75, 3.05) is 23.4 Å². The number of urea groups is 1. The highest BCUT2D eigenvalue weighted by atomic mass is 16.5. The van der Waals surface area contributed by atoms with Crippen molar-refractivity contribution in [1.29, 1.82) is 0 Å². The summed E-state index contributed by atoms with van der Waals surface area (Å²) in [5.41, 5.74) is 2.80. The Balaban J connectivity index is 1.61. The van der Waals surface area contributed by atoms with Gasteiger partial charge in [0, 0.05) is 30.8 Å². The van der Waals surface area contributed by atoms with Crippen molar-refractivity contribution >= 4 is 23.2 Å². The number of nitrogens with zero attached hydrogens (tertiary/aromatic N) is 1. The Labute approximate surface area is 187 Å². The number of hydrogen-bond acceptors (Lipinski definition) is 5. The van der Waals surface area contributed by atoms with Crippen molar-refractivity contribution in [2.45, 2.75) is 51.7 Å². The van der Waals surface area contributed by atoms with E-state index in [0.717, 1.165) is 30.8 Å². The Kier molecular flexibility index (Phi) is 5.29. The minimum absolute atomic E-state index is 0.0215. The minimum Gasteiger partial charge on any atom is -0.467 e. The number of carbonyl (C=O) groups is 2. The number of carbonyl (C=O) groups excluding carboxylic acids is 2. The Morgan fingerprint density at radius 2 is 2.06 bits per heavy atom. The number of amides is 2. The molecule has 3 heterocycles. The predicted molar refractivity (Wildman–Crippen MR) is 121 cm³/mol.